The first-order valence-electron chi connectivity index (χ1n) is 6.21. The minimum atomic E-state index is -0.275. The van der Waals surface area contributed by atoms with Gasteiger partial charge in [-0.25, -0.2) is 4.79 Å². The first kappa shape index (κ1) is 15.2. The van der Waals surface area contributed by atoms with Crippen LogP contribution in [0.3, 0.4) is 0 Å². The van der Waals surface area contributed by atoms with E-state index >= 15 is 0 Å². The van der Waals surface area contributed by atoms with Crippen molar-refractivity contribution in [2.24, 2.45) is 11.8 Å². The van der Waals surface area contributed by atoms with Crippen molar-refractivity contribution in [3.63, 3.8) is 0 Å². The number of ether oxygens (including phenoxy) is 1. The van der Waals surface area contributed by atoms with Gasteiger partial charge < -0.3 is 4.74 Å². The van der Waals surface area contributed by atoms with Crippen molar-refractivity contribution in [1.29, 1.82) is 0 Å². The van der Waals surface area contributed by atoms with E-state index in [0.717, 1.165) is 12.3 Å². The zero-order valence-corrected chi connectivity index (χ0v) is 11.4. The molecule has 0 heterocycles. The number of hydrogen-bond acceptors (Lipinski definition) is 2. The molecule has 0 aliphatic carbocycles. The van der Waals surface area contributed by atoms with Crippen LogP contribution < -0.4 is 0 Å². The summed E-state index contributed by atoms with van der Waals surface area (Å²) in [7, 11) is 0. The molecule has 0 saturated carbocycles. The number of hydrogen-bond donors (Lipinski definition) is 0. The zero-order valence-electron chi connectivity index (χ0n) is 11.4. The molecule has 0 aliphatic heterocycles. The SMILES string of the molecule is C=C(C)C(=O)OC(C)C(C)CCCC(C)C. The van der Waals surface area contributed by atoms with Crippen LogP contribution in [0.2, 0.25) is 0 Å². The lowest BCUT2D eigenvalue weighted by Gasteiger charge is -2.20. The highest BCUT2D eigenvalue weighted by molar-refractivity contribution is 5.87. The van der Waals surface area contributed by atoms with Gasteiger partial charge in [0.05, 0.1) is 0 Å². The first-order chi connectivity index (χ1) is 7.34. The molecule has 0 radical (unpaired) electrons. The maximum atomic E-state index is 11.3. The van der Waals surface area contributed by atoms with Crippen LogP contribution in [0.15, 0.2) is 12.2 Å². The second kappa shape index (κ2) is 7.48. The standard InChI is InChI=1S/C14H26O2/c1-10(2)8-7-9-12(5)13(6)16-14(15)11(3)4/h10,12-13H,3,7-9H2,1-2,4-6H3. The van der Waals surface area contributed by atoms with Gasteiger partial charge in [0, 0.05) is 5.57 Å². The number of carbonyl (C=O) groups excluding carboxylic acids is 1. The van der Waals surface area contributed by atoms with Gasteiger partial charge in [-0.1, -0.05) is 40.2 Å². The van der Waals surface area contributed by atoms with E-state index in [2.05, 4.69) is 27.4 Å². The van der Waals surface area contributed by atoms with Gasteiger partial charge in [-0.05, 0) is 32.1 Å². The van der Waals surface area contributed by atoms with Crippen LogP contribution in [0.25, 0.3) is 0 Å². The maximum absolute atomic E-state index is 11.3. The Morgan fingerprint density at radius 3 is 2.19 bits per heavy atom. The molecular formula is C14H26O2. The lowest BCUT2D eigenvalue weighted by molar-refractivity contribution is -0.145. The molecule has 2 unspecified atom stereocenters. The Bertz CT molecular complexity index is 231. The largest absolute Gasteiger partial charge is 0.459 e. The third-order valence-electron chi connectivity index (χ3n) is 2.88. The van der Waals surface area contributed by atoms with Gasteiger partial charge in [-0.3, -0.25) is 0 Å². The molecule has 0 aromatic rings. The fourth-order valence-electron chi connectivity index (χ4n) is 1.47. The van der Waals surface area contributed by atoms with E-state index in [4.69, 9.17) is 4.74 Å². The average Bonchev–Trinajstić information content (AvgIpc) is 2.16. The lowest BCUT2D eigenvalue weighted by atomic mass is 9.96. The summed E-state index contributed by atoms with van der Waals surface area (Å²) < 4.78 is 5.29. The second-order valence-electron chi connectivity index (χ2n) is 5.19. The molecule has 0 aliphatic rings. The van der Waals surface area contributed by atoms with Crippen molar-refractivity contribution in [2.45, 2.75) is 60.0 Å². The van der Waals surface area contributed by atoms with Crippen LogP contribution in [0, 0.1) is 11.8 Å². The van der Waals surface area contributed by atoms with Gasteiger partial charge >= 0.3 is 5.97 Å². The van der Waals surface area contributed by atoms with E-state index in [-0.39, 0.29) is 12.1 Å². The molecule has 16 heavy (non-hydrogen) atoms. The third kappa shape index (κ3) is 6.65. The summed E-state index contributed by atoms with van der Waals surface area (Å²) in [6, 6.07) is 0. The minimum absolute atomic E-state index is 0.0173. The molecule has 0 aromatic heterocycles. The van der Waals surface area contributed by atoms with Gasteiger partial charge in [0.15, 0.2) is 0 Å². The molecule has 0 spiro atoms. The van der Waals surface area contributed by atoms with Crippen LogP contribution in [0.5, 0.6) is 0 Å². The quantitative estimate of drug-likeness (QED) is 0.485. The van der Waals surface area contributed by atoms with Crippen LogP contribution in [-0.4, -0.2) is 12.1 Å². The summed E-state index contributed by atoms with van der Waals surface area (Å²) in [4.78, 5) is 11.3. The summed E-state index contributed by atoms with van der Waals surface area (Å²) >= 11 is 0. The van der Waals surface area contributed by atoms with Gasteiger partial charge in [0.25, 0.3) is 0 Å². The lowest BCUT2D eigenvalue weighted by Crippen LogP contribution is -2.22. The monoisotopic (exact) mass is 226 g/mol. The third-order valence-corrected chi connectivity index (χ3v) is 2.88. The molecule has 2 heteroatoms. The second-order valence-corrected chi connectivity index (χ2v) is 5.19. The number of esters is 1. The van der Waals surface area contributed by atoms with E-state index in [9.17, 15) is 4.79 Å². The van der Waals surface area contributed by atoms with Gasteiger partial charge in [-0.2, -0.15) is 0 Å². The van der Waals surface area contributed by atoms with Gasteiger partial charge in [-0.15, -0.1) is 0 Å². The first-order valence-corrected chi connectivity index (χ1v) is 6.21. The Kier molecular flexibility index (Phi) is 7.11. The van der Waals surface area contributed by atoms with Crippen molar-refractivity contribution < 1.29 is 9.53 Å². The summed E-state index contributed by atoms with van der Waals surface area (Å²) in [6.07, 6.45) is 3.54. The normalized spacial score (nSPS) is 14.6. The predicted molar refractivity (Wildman–Crippen MR) is 68.2 cm³/mol. The number of carbonyl (C=O) groups is 1. The topological polar surface area (TPSA) is 26.3 Å². The molecule has 94 valence electrons. The zero-order chi connectivity index (χ0) is 12.7. The summed E-state index contributed by atoms with van der Waals surface area (Å²) in [5.41, 5.74) is 0.473. The molecule has 0 fully saturated rings. The van der Waals surface area contributed by atoms with E-state index in [1.807, 2.05) is 6.92 Å². The molecule has 2 atom stereocenters. The van der Waals surface area contributed by atoms with Crippen LogP contribution >= 0.6 is 0 Å². The van der Waals surface area contributed by atoms with Gasteiger partial charge in [0.1, 0.15) is 6.10 Å². The molecule has 0 N–H and O–H groups in total. The fourth-order valence-corrected chi connectivity index (χ4v) is 1.47. The van der Waals surface area contributed by atoms with E-state index in [0.29, 0.717) is 11.5 Å². The molecule has 0 amide bonds. The summed E-state index contributed by atoms with van der Waals surface area (Å²) in [6.45, 7) is 13.8. The molecule has 0 bridgehead atoms. The molecule has 0 rings (SSSR count). The van der Waals surface area contributed by atoms with Crippen LogP contribution in [0.1, 0.15) is 53.9 Å². The highest BCUT2D eigenvalue weighted by atomic mass is 16.5. The van der Waals surface area contributed by atoms with E-state index < -0.39 is 0 Å². The van der Waals surface area contributed by atoms with Crippen molar-refractivity contribution >= 4 is 5.97 Å². The predicted octanol–water partition coefficient (Wildman–Crippen LogP) is 3.96. The van der Waals surface area contributed by atoms with Crippen LogP contribution in [0.4, 0.5) is 0 Å². The summed E-state index contributed by atoms with van der Waals surface area (Å²) in [5.74, 6) is 0.894. The molecule has 0 saturated heterocycles. The van der Waals surface area contributed by atoms with Crippen LogP contribution in [-0.2, 0) is 9.53 Å². The Balaban J connectivity index is 3.85. The van der Waals surface area contributed by atoms with Crippen molar-refractivity contribution in [1.82, 2.24) is 0 Å². The maximum Gasteiger partial charge on any atom is 0.333 e. The van der Waals surface area contributed by atoms with Crippen molar-refractivity contribution in [2.75, 3.05) is 0 Å². The minimum Gasteiger partial charge on any atom is -0.459 e. The van der Waals surface area contributed by atoms with Crippen molar-refractivity contribution in [3.05, 3.63) is 12.2 Å². The Morgan fingerprint density at radius 2 is 1.75 bits per heavy atom. The molecular weight excluding hydrogens is 200 g/mol. The van der Waals surface area contributed by atoms with Gasteiger partial charge in [0.2, 0.25) is 0 Å². The van der Waals surface area contributed by atoms with Crippen molar-refractivity contribution in [3.8, 4) is 0 Å². The smallest absolute Gasteiger partial charge is 0.333 e. The highest BCUT2D eigenvalue weighted by Crippen LogP contribution is 2.18. The highest BCUT2D eigenvalue weighted by Gasteiger charge is 2.16. The Hall–Kier alpha value is -0.790. The van der Waals surface area contributed by atoms with E-state index in [1.165, 1.54) is 12.8 Å². The molecule has 2 nitrogen and oxygen atoms in total. The average molecular weight is 226 g/mol. The molecule has 0 aromatic carbocycles. The Labute approximate surface area is 100 Å². The van der Waals surface area contributed by atoms with E-state index in [1.54, 1.807) is 6.92 Å². The summed E-state index contributed by atoms with van der Waals surface area (Å²) in [5, 5.41) is 0. The Morgan fingerprint density at radius 1 is 1.19 bits per heavy atom. The number of rotatable bonds is 7. The fraction of sp³-hybridized carbons (Fsp3) is 0.786.